The van der Waals surface area contributed by atoms with Crippen LogP contribution in [0.25, 0.3) is 0 Å². The van der Waals surface area contributed by atoms with Gasteiger partial charge in [-0.25, -0.2) is 0 Å². The molecule has 2 amide bonds. The number of hydrogen-bond acceptors (Lipinski definition) is 2. The fraction of sp³-hybridized carbons (Fsp3) is 0.259. The summed E-state index contributed by atoms with van der Waals surface area (Å²) in [5.74, 6) is 0.279. The molecule has 0 saturated heterocycles. The van der Waals surface area contributed by atoms with Crippen molar-refractivity contribution >= 4 is 23.2 Å². The van der Waals surface area contributed by atoms with Crippen molar-refractivity contribution in [2.24, 2.45) is 0 Å². The first kappa shape index (κ1) is 20.9. The Balaban J connectivity index is 1.43. The van der Waals surface area contributed by atoms with Gasteiger partial charge in [0.25, 0.3) is 0 Å². The Bertz CT molecular complexity index is 1060. The zero-order valence-electron chi connectivity index (χ0n) is 18.0. The molecule has 0 aromatic heterocycles. The van der Waals surface area contributed by atoms with E-state index in [1.54, 1.807) is 0 Å². The smallest absolute Gasteiger partial charge is 0.228 e. The molecule has 0 radical (unpaired) electrons. The Morgan fingerprint density at radius 2 is 1.58 bits per heavy atom. The van der Waals surface area contributed by atoms with E-state index < -0.39 is 0 Å². The fourth-order valence-corrected chi connectivity index (χ4v) is 4.15. The third-order valence-electron chi connectivity index (χ3n) is 5.86. The minimum Gasteiger partial charge on any atom is -0.326 e. The van der Waals surface area contributed by atoms with Gasteiger partial charge in [0.05, 0.1) is 6.04 Å². The third kappa shape index (κ3) is 4.69. The second-order valence-electron chi connectivity index (χ2n) is 8.35. The van der Waals surface area contributed by atoms with Crippen LogP contribution in [0.4, 0.5) is 11.4 Å². The first-order valence-electron chi connectivity index (χ1n) is 10.9. The molecule has 1 aliphatic rings. The molecule has 1 atom stereocenters. The minimum atomic E-state index is -0.144. The van der Waals surface area contributed by atoms with Gasteiger partial charge in [0, 0.05) is 24.2 Å². The van der Waals surface area contributed by atoms with Crippen molar-refractivity contribution in [3.8, 4) is 0 Å². The standard InChI is InChI=1S/C27H28N2O2/c1-19(2)20-12-14-23(15-13-20)28-26(30)16-17-27(31)29-24-11-7-6-10-22(24)18-25(29)21-8-4-3-5-9-21/h3-15,19,25H,16-18H2,1-2H3,(H,28,30)/t25-/m1/s1. The number of anilines is 2. The zero-order valence-corrected chi connectivity index (χ0v) is 18.0. The first-order chi connectivity index (χ1) is 15.0. The lowest BCUT2D eigenvalue weighted by atomic mass is 10.0. The number of amides is 2. The Labute approximate surface area is 183 Å². The summed E-state index contributed by atoms with van der Waals surface area (Å²) in [4.78, 5) is 27.6. The zero-order chi connectivity index (χ0) is 21.8. The molecular weight excluding hydrogens is 384 g/mol. The highest BCUT2D eigenvalue weighted by Crippen LogP contribution is 2.40. The van der Waals surface area contributed by atoms with Crippen LogP contribution in [0.5, 0.6) is 0 Å². The Hall–Kier alpha value is -3.40. The maximum absolute atomic E-state index is 13.2. The van der Waals surface area contributed by atoms with Crippen LogP contribution in [-0.2, 0) is 16.0 Å². The molecule has 3 aromatic rings. The molecule has 0 bridgehead atoms. The number of para-hydroxylation sites is 1. The Morgan fingerprint density at radius 3 is 2.29 bits per heavy atom. The van der Waals surface area contributed by atoms with Crippen molar-refractivity contribution in [2.75, 3.05) is 10.2 Å². The van der Waals surface area contributed by atoms with Crippen molar-refractivity contribution in [1.29, 1.82) is 0 Å². The average Bonchev–Trinajstić information content (AvgIpc) is 3.18. The largest absolute Gasteiger partial charge is 0.326 e. The molecule has 1 aliphatic heterocycles. The van der Waals surface area contributed by atoms with Gasteiger partial charge in [-0.05, 0) is 47.2 Å². The summed E-state index contributed by atoms with van der Waals surface area (Å²) in [6, 6.07) is 26.0. The van der Waals surface area contributed by atoms with E-state index in [0.29, 0.717) is 5.92 Å². The third-order valence-corrected chi connectivity index (χ3v) is 5.86. The summed E-state index contributed by atoms with van der Waals surface area (Å²) >= 11 is 0. The van der Waals surface area contributed by atoms with E-state index >= 15 is 0 Å². The van der Waals surface area contributed by atoms with Crippen LogP contribution >= 0.6 is 0 Å². The van der Waals surface area contributed by atoms with E-state index in [2.05, 4.69) is 37.4 Å². The van der Waals surface area contributed by atoms with Gasteiger partial charge < -0.3 is 10.2 Å². The van der Waals surface area contributed by atoms with Crippen molar-refractivity contribution in [3.63, 3.8) is 0 Å². The number of fused-ring (bicyclic) bond motifs is 1. The van der Waals surface area contributed by atoms with E-state index in [-0.39, 0.29) is 30.7 Å². The molecule has 0 saturated carbocycles. The number of carbonyl (C=O) groups is 2. The number of benzene rings is 3. The van der Waals surface area contributed by atoms with Gasteiger partial charge in [-0.1, -0.05) is 74.5 Å². The monoisotopic (exact) mass is 412 g/mol. The van der Waals surface area contributed by atoms with Crippen molar-refractivity contribution < 1.29 is 9.59 Å². The summed E-state index contributed by atoms with van der Waals surface area (Å²) in [7, 11) is 0. The van der Waals surface area contributed by atoms with E-state index in [1.165, 1.54) is 11.1 Å². The molecule has 4 heteroatoms. The van der Waals surface area contributed by atoms with Crippen LogP contribution in [-0.4, -0.2) is 11.8 Å². The van der Waals surface area contributed by atoms with Gasteiger partial charge in [-0.2, -0.15) is 0 Å². The summed E-state index contributed by atoms with van der Waals surface area (Å²) in [5, 5.41) is 2.91. The molecular formula is C27H28N2O2. The average molecular weight is 413 g/mol. The summed E-state index contributed by atoms with van der Waals surface area (Å²) in [6.45, 7) is 4.27. The molecule has 4 nitrogen and oxygen atoms in total. The predicted molar refractivity (Wildman–Crippen MR) is 125 cm³/mol. The van der Waals surface area contributed by atoms with Gasteiger partial charge in [0.15, 0.2) is 0 Å². The van der Waals surface area contributed by atoms with Gasteiger partial charge in [-0.15, -0.1) is 0 Å². The van der Waals surface area contributed by atoms with Crippen LogP contribution in [0.15, 0.2) is 78.9 Å². The van der Waals surface area contributed by atoms with Crippen LogP contribution in [0.3, 0.4) is 0 Å². The van der Waals surface area contributed by atoms with E-state index in [1.807, 2.05) is 65.6 Å². The van der Waals surface area contributed by atoms with Gasteiger partial charge in [0.2, 0.25) is 11.8 Å². The maximum Gasteiger partial charge on any atom is 0.228 e. The van der Waals surface area contributed by atoms with Gasteiger partial charge in [-0.3, -0.25) is 9.59 Å². The maximum atomic E-state index is 13.2. The van der Waals surface area contributed by atoms with Crippen molar-refractivity contribution in [1.82, 2.24) is 0 Å². The van der Waals surface area contributed by atoms with Crippen molar-refractivity contribution in [3.05, 3.63) is 95.6 Å². The van der Waals surface area contributed by atoms with Crippen LogP contribution in [0.2, 0.25) is 0 Å². The quantitative estimate of drug-likeness (QED) is 0.551. The highest BCUT2D eigenvalue weighted by molar-refractivity contribution is 6.00. The van der Waals surface area contributed by atoms with Crippen LogP contribution < -0.4 is 10.2 Å². The molecule has 0 aliphatic carbocycles. The number of rotatable bonds is 6. The SMILES string of the molecule is CC(C)c1ccc(NC(=O)CCC(=O)N2c3ccccc3C[C@@H]2c2ccccc2)cc1. The second-order valence-corrected chi connectivity index (χ2v) is 8.35. The summed E-state index contributed by atoms with van der Waals surface area (Å²) in [5.41, 5.74) is 5.22. The molecule has 31 heavy (non-hydrogen) atoms. The first-order valence-corrected chi connectivity index (χ1v) is 10.9. The van der Waals surface area contributed by atoms with Crippen molar-refractivity contribution in [2.45, 2.75) is 45.1 Å². The Morgan fingerprint density at radius 1 is 0.903 bits per heavy atom. The molecule has 158 valence electrons. The van der Waals surface area contributed by atoms with Crippen LogP contribution in [0, 0.1) is 0 Å². The number of hydrogen-bond donors (Lipinski definition) is 1. The lowest BCUT2D eigenvalue weighted by Crippen LogP contribution is -2.32. The highest BCUT2D eigenvalue weighted by atomic mass is 16.2. The number of nitrogens with one attached hydrogen (secondary N) is 1. The van der Waals surface area contributed by atoms with E-state index in [0.717, 1.165) is 23.4 Å². The lowest BCUT2D eigenvalue weighted by molar-refractivity contribution is -0.122. The molecule has 0 unspecified atom stereocenters. The molecule has 3 aromatic carbocycles. The van der Waals surface area contributed by atoms with Gasteiger partial charge >= 0.3 is 0 Å². The highest BCUT2D eigenvalue weighted by Gasteiger charge is 2.34. The van der Waals surface area contributed by atoms with E-state index in [4.69, 9.17) is 0 Å². The summed E-state index contributed by atoms with van der Waals surface area (Å²) < 4.78 is 0. The molecule has 4 rings (SSSR count). The van der Waals surface area contributed by atoms with E-state index in [9.17, 15) is 9.59 Å². The number of carbonyl (C=O) groups excluding carboxylic acids is 2. The Kier molecular flexibility index (Phi) is 6.17. The fourth-order valence-electron chi connectivity index (χ4n) is 4.15. The molecule has 1 heterocycles. The normalized spacial score (nSPS) is 15.1. The molecule has 1 N–H and O–H groups in total. The molecule has 0 fully saturated rings. The minimum absolute atomic E-state index is 0.0240. The number of nitrogens with zero attached hydrogens (tertiary/aromatic N) is 1. The summed E-state index contributed by atoms with van der Waals surface area (Å²) in [6.07, 6.45) is 1.12. The van der Waals surface area contributed by atoms with Gasteiger partial charge in [0.1, 0.15) is 0 Å². The topological polar surface area (TPSA) is 49.4 Å². The second kappa shape index (κ2) is 9.17. The van der Waals surface area contributed by atoms with Crippen LogP contribution in [0.1, 0.15) is 55.3 Å². The lowest BCUT2D eigenvalue weighted by Gasteiger charge is -2.26. The molecule has 0 spiro atoms. The predicted octanol–water partition coefficient (Wildman–Crippen LogP) is 5.86.